The minimum atomic E-state index is -0.208. The maximum atomic E-state index is 10.0. The van der Waals surface area contributed by atoms with E-state index in [2.05, 4.69) is 27.4 Å². The van der Waals surface area contributed by atoms with Gasteiger partial charge in [-0.1, -0.05) is 32.9 Å². The van der Waals surface area contributed by atoms with Gasteiger partial charge in [0.1, 0.15) is 0 Å². The summed E-state index contributed by atoms with van der Waals surface area (Å²) in [7, 11) is 0. The molecule has 0 saturated heterocycles. The second-order valence-electron chi connectivity index (χ2n) is 8.98. The van der Waals surface area contributed by atoms with Crippen LogP contribution in [0.5, 0.6) is 0 Å². The molecule has 0 radical (unpaired) electrons. The summed E-state index contributed by atoms with van der Waals surface area (Å²) >= 11 is 0. The van der Waals surface area contributed by atoms with Gasteiger partial charge in [-0.25, -0.2) is 0 Å². The SMILES string of the molecule is C=C1CCC2[C@@H](C)C([C@@]3(C)CC[C@H](O)C[C@@H]3CO)CC[C@]12C. The van der Waals surface area contributed by atoms with E-state index in [4.69, 9.17) is 0 Å². The van der Waals surface area contributed by atoms with Crippen molar-refractivity contribution >= 4 is 0 Å². The van der Waals surface area contributed by atoms with E-state index in [1.54, 1.807) is 0 Å². The van der Waals surface area contributed by atoms with E-state index < -0.39 is 0 Å². The van der Waals surface area contributed by atoms with Gasteiger partial charge in [-0.05, 0) is 79.4 Å². The van der Waals surface area contributed by atoms with Crippen LogP contribution in [0.1, 0.15) is 65.7 Å². The molecule has 22 heavy (non-hydrogen) atoms. The van der Waals surface area contributed by atoms with Crippen LogP contribution >= 0.6 is 0 Å². The Labute approximate surface area is 136 Å². The van der Waals surface area contributed by atoms with Crippen molar-refractivity contribution in [2.45, 2.75) is 71.8 Å². The van der Waals surface area contributed by atoms with Gasteiger partial charge in [0.15, 0.2) is 0 Å². The van der Waals surface area contributed by atoms with Gasteiger partial charge < -0.3 is 10.2 Å². The molecule has 126 valence electrons. The minimum absolute atomic E-state index is 0.193. The van der Waals surface area contributed by atoms with E-state index in [0.29, 0.717) is 17.3 Å². The Morgan fingerprint density at radius 1 is 1.14 bits per heavy atom. The Morgan fingerprint density at radius 2 is 1.86 bits per heavy atom. The second kappa shape index (κ2) is 5.63. The first kappa shape index (κ1) is 16.5. The molecule has 2 nitrogen and oxygen atoms in total. The van der Waals surface area contributed by atoms with E-state index in [9.17, 15) is 10.2 Å². The van der Waals surface area contributed by atoms with Crippen molar-refractivity contribution in [1.82, 2.24) is 0 Å². The molecule has 2 unspecified atom stereocenters. The van der Waals surface area contributed by atoms with Crippen LogP contribution in [0.15, 0.2) is 12.2 Å². The molecule has 0 aromatic carbocycles. The highest BCUT2D eigenvalue weighted by Crippen LogP contribution is 2.63. The summed E-state index contributed by atoms with van der Waals surface area (Å²) in [6.07, 6.45) is 7.58. The van der Waals surface area contributed by atoms with Crippen LogP contribution < -0.4 is 0 Å². The number of hydrogen-bond acceptors (Lipinski definition) is 2. The fourth-order valence-electron chi connectivity index (χ4n) is 6.50. The van der Waals surface area contributed by atoms with Crippen LogP contribution in [-0.4, -0.2) is 22.9 Å². The monoisotopic (exact) mass is 306 g/mol. The molecule has 0 aromatic heterocycles. The number of allylic oxidation sites excluding steroid dienone is 1. The standard InChI is InChI=1S/C20H34O2/c1-13-5-6-17-14(2)18(8-10-19(13,17)3)20(4)9-7-16(22)11-15(20)12-21/h14-18,21-22H,1,5-12H2,2-4H3/t14-,15-,16+,17?,18?,19-,20+/m1/s1. The van der Waals surface area contributed by atoms with Crippen LogP contribution in [-0.2, 0) is 0 Å². The van der Waals surface area contributed by atoms with Crippen molar-refractivity contribution in [2.75, 3.05) is 6.61 Å². The molecule has 3 fully saturated rings. The molecule has 0 amide bonds. The van der Waals surface area contributed by atoms with E-state index in [-0.39, 0.29) is 24.0 Å². The number of hydrogen-bond donors (Lipinski definition) is 2. The van der Waals surface area contributed by atoms with Gasteiger partial charge in [-0.15, -0.1) is 0 Å². The predicted molar refractivity (Wildman–Crippen MR) is 90.4 cm³/mol. The molecule has 7 atom stereocenters. The molecule has 0 heterocycles. The highest BCUT2D eigenvalue weighted by Gasteiger charge is 2.55. The first-order valence-electron chi connectivity index (χ1n) is 9.30. The van der Waals surface area contributed by atoms with Crippen molar-refractivity contribution in [3.8, 4) is 0 Å². The van der Waals surface area contributed by atoms with Crippen molar-refractivity contribution in [3.05, 3.63) is 12.2 Å². The highest BCUT2D eigenvalue weighted by atomic mass is 16.3. The maximum absolute atomic E-state index is 10.0. The van der Waals surface area contributed by atoms with Crippen molar-refractivity contribution < 1.29 is 10.2 Å². The highest BCUT2D eigenvalue weighted by molar-refractivity contribution is 5.20. The molecule has 3 aliphatic rings. The van der Waals surface area contributed by atoms with Gasteiger partial charge in [0.05, 0.1) is 6.10 Å². The molecule has 2 N–H and O–H groups in total. The van der Waals surface area contributed by atoms with Crippen LogP contribution in [0, 0.1) is 34.5 Å². The lowest BCUT2D eigenvalue weighted by molar-refractivity contribution is -0.0896. The quantitative estimate of drug-likeness (QED) is 0.752. The molecule has 3 rings (SSSR count). The van der Waals surface area contributed by atoms with Gasteiger partial charge >= 0.3 is 0 Å². The summed E-state index contributed by atoms with van der Waals surface area (Å²) in [6.45, 7) is 11.9. The Hall–Kier alpha value is -0.340. The Kier molecular flexibility index (Phi) is 4.23. The fraction of sp³-hybridized carbons (Fsp3) is 0.900. The molecule has 3 saturated carbocycles. The van der Waals surface area contributed by atoms with Gasteiger partial charge in [-0.2, -0.15) is 0 Å². The number of aliphatic hydroxyl groups excluding tert-OH is 2. The summed E-state index contributed by atoms with van der Waals surface area (Å²) in [4.78, 5) is 0. The van der Waals surface area contributed by atoms with Gasteiger partial charge in [-0.3, -0.25) is 0 Å². The molecule has 0 aliphatic heterocycles. The van der Waals surface area contributed by atoms with Crippen LogP contribution in [0.3, 0.4) is 0 Å². The zero-order valence-corrected chi connectivity index (χ0v) is 14.6. The first-order chi connectivity index (χ1) is 10.3. The summed E-state index contributed by atoms with van der Waals surface area (Å²) in [6, 6.07) is 0. The molecule has 3 aliphatic carbocycles. The van der Waals surface area contributed by atoms with E-state index in [1.807, 2.05) is 0 Å². The average molecular weight is 306 g/mol. The number of rotatable bonds is 2. The Bertz CT molecular complexity index is 445. The second-order valence-corrected chi connectivity index (χ2v) is 8.98. The Morgan fingerprint density at radius 3 is 2.55 bits per heavy atom. The largest absolute Gasteiger partial charge is 0.396 e. The summed E-state index contributed by atoms with van der Waals surface area (Å²) in [5.74, 6) is 2.41. The molecular formula is C20H34O2. The van der Waals surface area contributed by atoms with Crippen LogP contribution in [0.2, 0.25) is 0 Å². The van der Waals surface area contributed by atoms with E-state index in [1.165, 1.54) is 31.3 Å². The third-order valence-corrected chi connectivity index (χ3v) is 8.20. The minimum Gasteiger partial charge on any atom is -0.396 e. The number of fused-ring (bicyclic) bond motifs is 1. The van der Waals surface area contributed by atoms with Crippen molar-refractivity contribution in [2.24, 2.45) is 34.5 Å². The average Bonchev–Trinajstić information content (AvgIpc) is 2.78. The fourth-order valence-corrected chi connectivity index (χ4v) is 6.50. The smallest absolute Gasteiger partial charge is 0.0544 e. The third-order valence-electron chi connectivity index (χ3n) is 8.20. The summed E-state index contributed by atoms with van der Waals surface area (Å²) in [5, 5.41) is 19.9. The normalized spacial score (nSPS) is 52.6. The molecule has 2 heteroatoms. The molecule has 0 bridgehead atoms. The number of aliphatic hydroxyl groups is 2. The summed E-state index contributed by atoms with van der Waals surface area (Å²) in [5.41, 5.74) is 2.03. The lowest BCUT2D eigenvalue weighted by atomic mass is 9.50. The van der Waals surface area contributed by atoms with Gasteiger partial charge in [0.25, 0.3) is 0 Å². The van der Waals surface area contributed by atoms with Crippen molar-refractivity contribution in [3.63, 3.8) is 0 Å². The van der Waals surface area contributed by atoms with Gasteiger partial charge in [0.2, 0.25) is 0 Å². The topological polar surface area (TPSA) is 40.5 Å². The summed E-state index contributed by atoms with van der Waals surface area (Å²) < 4.78 is 0. The van der Waals surface area contributed by atoms with Gasteiger partial charge in [0, 0.05) is 6.61 Å². The van der Waals surface area contributed by atoms with E-state index >= 15 is 0 Å². The zero-order chi connectivity index (χ0) is 16.1. The predicted octanol–water partition coefficient (Wildman–Crippen LogP) is 4.16. The van der Waals surface area contributed by atoms with Crippen LogP contribution in [0.4, 0.5) is 0 Å². The molecule has 0 aromatic rings. The lowest BCUT2D eigenvalue weighted by Crippen LogP contribution is -2.50. The van der Waals surface area contributed by atoms with Crippen molar-refractivity contribution in [1.29, 1.82) is 0 Å². The Balaban J connectivity index is 1.85. The van der Waals surface area contributed by atoms with E-state index in [0.717, 1.165) is 25.2 Å². The lowest BCUT2D eigenvalue weighted by Gasteiger charge is -2.56. The maximum Gasteiger partial charge on any atom is 0.0544 e. The third kappa shape index (κ3) is 2.29. The molecular weight excluding hydrogens is 272 g/mol. The first-order valence-corrected chi connectivity index (χ1v) is 9.30. The van der Waals surface area contributed by atoms with Crippen LogP contribution in [0.25, 0.3) is 0 Å². The zero-order valence-electron chi connectivity index (χ0n) is 14.6. The molecule has 0 spiro atoms.